The van der Waals surface area contributed by atoms with Crippen molar-refractivity contribution in [1.29, 1.82) is 0 Å². The van der Waals surface area contributed by atoms with Crippen LogP contribution in [-0.4, -0.2) is 5.11 Å². The minimum Gasteiger partial charge on any atom is -0.384 e. The predicted octanol–water partition coefficient (Wildman–Crippen LogP) is 3.65. The fourth-order valence-corrected chi connectivity index (χ4v) is 2.23. The van der Waals surface area contributed by atoms with Gasteiger partial charge >= 0.3 is 0 Å². The van der Waals surface area contributed by atoms with Crippen LogP contribution in [0.3, 0.4) is 0 Å². The Balaban J connectivity index is 1.90. The lowest BCUT2D eigenvalue weighted by atomic mass is 9.98. The molecule has 86 valence electrons. The van der Waals surface area contributed by atoms with Crippen LogP contribution in [0.4, 0.5) is 0 Å². The Morgan fingerprint density at radius 3 is 2.29 bits per heavy atom. The van der Waals surface area contributed by atoms with Crippen LogP contribution >= 0.6 is 0 Å². The monoisotopic (exact) mass is 224 g/mol. The van der Waals surface area contributed by atoms with E-state index in [1.807, 2.05) is 36.4 Å². The summed E-state index contributed by atoms with van der Waals surface area (Å²) in [5.74, 6) is 0.734. The average molecular weight is 224 g/mol. The van der Waals surface area contributed by atoms with E-state index in [1.54, 1.807) is 0 Å². The molecule has 0 amide bonds. The van der Waals surface area contributed by atoms with Crippen molar-refractivity contribution >= 4 is 0 Å². The van der Waals surface area contributed by atoms with Gasteiger partial charge in [0.05, 0.1) is 0 Å². The normalized spacial score (nSPS) is 16.8. The molecule has 1 unspecified atom stereocenters. The van der Waals surface area contributed by atoms with Gasteiger partial charge in [0.15, 0.2) is 0 Å². The molecule has 0 spiro atoms. The highest BCUT2D eigenvalue weighted by Gasteiger charge is 2.24. The molecule has 0 radical (unpaired) electrons. The molecule has 1 heteroatoms. The van der Waals surface area contributed by atoms with Gasteiger partial charge in [0.25, 0.3) is 0 Å². The fraction of sp³-hybridized carbons (Fsp3) is 0.250. The summed E-state index contributed by atoms with van der Waals surface area (Å²) in [6.07, 6.45) is 2.09. The zero-order valence-corrected chi connectivity index (χ0v) is 9.71. The summed E-state index contributed by atoms with van der Waals surface area (Å²) >= 11 is 0. The molecule has 1 nitrogen and oxygen atoms in total. The maximum Gasteiger partial charge on any atom is 0.104 e. The molecule has 1 saturated carbocycles. The van der Waals surface area contributed by atoms with Crippen molar-refractivity contribution < 1.29 is 5.11 Å². The number of rotatable bonds is 3. The van der Waals surface area contributed by atoms with Crippen molar-refractivity contribution in [2.24, 2.45) is 0 Å². The third-order valence-corrected chi connectivity index (χ3v) is 3.39. The van der Waals surface area contributed by atoms with Crippen molar-refractivity contribution in [3.05, 3.63) is 71.3 Å². The topological polar surface area (TPSA) is 20.2 Å². The van der Waals surface area contributed by atoms with E-state index in [1.165, 1.54) is 18.4 Å². The largest absolute Gasteiger partial charge is 0.384 e. The molecule has 0 heterocycles. The van der Waals surface area contributed by atoms with E-state index in [9.17, 15) is 5.11 Å². The van der Waals surface area contributed by atoms with E-state index in [2.05, 4.69) is 18.2 Å². The van der Waals surface area contributed by atoms with Gasteiger partial charge in [-0.3, -0.25) is 0 Å². The lowest BCUT2D eigenvalue weighted by Crippen LogP contribution is -1.99. The van der Waals surface area contributed by atoms with E-state index >= 15 is 0 Å². The molecule has 0 aromatic heterocycles. The van der Waals surface area contributed by atoms with E-state index in [4.69, 9.17) is 0 Å². The molecule has 1 N–H and O–H groups in total. The molecule has 1 fully saturated rings. The van der Waals surface area contributed by atoms with Crippen molar-refractivity contribution in [3.8, 4) is 0 Å². The van der Waals surface area contributed by atoms with E-state index in [-0.39, 0.29) is 0 Å². The quantitative estimate of drug-likeness (QED) is 0.843. The number of benzene rings is 2. The van der Waals surface area contributed by atoms with Crippen LogP contribution in [0.5, 0.6) is 0 Å². The van der Waals surface area contributed by atoms with Gasteiger partial charge in [-0.05, 0) is 35.4 Å². The Labute approximate surface area is 102 Å². The van der Waals surface area contributed by atoms with Crippen molar-refractivity contribution in [3.63, 3.8) is 0 Å². The van der Waals surface area contributed by atoms with Crippen LogP contribution in [0, 0.1) is 0 Å². The standard InChI is InChI=1S/C16H16O/c17-16(13-5-2-1-3-6-13)15-8-4-7-14(11-15)12-9-10-12/h1-8,11-12,16-17H,9-10H2. The maximum absolute atomic E-state index is 10.3. The molecule has 17 heavy (non-hydrogen) atoms. The van der Waals surface area contributed by atoms with Crippen LogP contribution < -0.4 is 0 Å². The first-order valence-electron chi connectivity index (χ1n) is 6.17. The summed E-state index contributed by atoms with van der Waals surface area (Å²) < 4.78 is 0. The van der Waals surface area contributed by atoms with Crippen LogP contribution in [-0.2, 0) is 0 Å². The zero-order chi connectivity index (χ0) is 11.7. The number of hydrogen-bond acceptors (Lipinski definition) is 1. The van der Waals surface area contributed by atoms with Gasteiger partial charge in [-0.1, -0.05) is 54.6 Å². The molecule has 1 aliphatic carbocycles. The first kappa shape index (κ1) is 10.5. The van der Waals surface area contributed by atoms with Gasteiger partial charge in [-0.15, -0.1) is 0 Å². The summed E-state index contributed by atoms with van der Waals surface area (Å²) in [5, 5.41) is 10.3. The third-order valence-electron chi connectivity index (χ3n) is 3.39. The van der Waals surface area contributed by atoms with E-state index < -0.39 is 6.10 Å². The van der Waals surface area contributed by atoms with Crippen molar-refractivity contribution in [2.75, 3.05) is 0 Å². The van der Waals surface area contributed by atoms with Gasteiger partial charge in [0.1, 0.15) is 6.10 Å². The zero-order valence-electron chi connectivity index (χ0n) is 9.71. The summed E-state index contributed by atoms with van der Waals surface area (Å²) in [7, 11) is 0. The molecule has 0 aliphatic heterocycles. The lowest BCUT2D eigenvalue weighted by molar-refractivity contribution is 0.220. The second-order valence-corrected chi connectivity index (χ2v) is 4.76. The summed E-state index contributed by atoms with van der Waals surface area (Å²) in [6.45, 7) is 0. The molecule has 0 bridgehead atoms. The summed E-state index contributed by atoms with van der Waals surface area (Å²) in [6, 6.07) is 18.2. The Morgan fingerprint density at radius 1 is 0.882 bits per heavy atom. The summed E-state index contributed by atoms with van der Waals surface area (Å²) in [5.41, 5.74) is 3.33. The van der Waals surface area contributed by atoms with Crippen LogP contribution in [0.25, 0.3) is 0 Å². The maximum atomic E-state index is 10.3. The second kappa shape index (κ2) is 4.34. The van der Waals surface area contributed by atoms with Gasteiger partial charge in [0, 0.05) is 0 Å². The van der Waals surface area contributed by atoms with E-state index in [0.29, 0.717) is 0 Å². The molecule has 1 atom stereocenters. The first-order chi connectivity index (χ1) is 8.34. The SMILES string of the molecule is OC(c1ccccc1)c1cccc(C2CC2)c1. The minimum atomic E-state index is -0.505. The Morgan fingerprint density at radius 2 is 1.59 bits per heavy atom. The van der Waals surface area contributed by atoms with Crippen LogP contribution in [0.15, 0.2) is 54.6 Å². The van der Waals surface area contributed by atoms with Crippen molar-refractivity contribution in [1.82, 2.24) is 0 Å². The van der Waals surface area contributed by atoms with Gasteiger partial charge in [-0.2, -0.15) is 0 Å². The molecule has 3 rings (SSSR count). The Bertz CT molecular complexity index is 500. The molecular formula is C16H16O. The molecule has 2 aromatic rings. The number of aliphatic hydroxyl groups excluding tert-OH is 1. The molecule has 1 aliphatic rings. The second-order valence-electron chi connectivity index (χ2n) is 4.76. The highest BCUT2D eigenvalue weighted by molar-refractivity contribution is 5.35. The van der Waals surface area contributed by atoms with Crippen LogP contribution in [0.2, 0.25) is 0 Å². The number of aliphatic hydroxyl groups is 1. The summed E-state index contributed by atoms with van der Waals surface area (Å²) in [4.78, 5) is 0. The average Bonchev–Trinajstić information content (AvgIpc) is 3.23. The Hall–Kier alpha value is -1.60. The minimum absolute atomic E-state index is 0.505. The highest BCUT2D eigenvalue weighted by Crippen LogP contribution is 2.40. The smallest absolute Gasteiger partial charge is 0.104 e. The lowest BCUT2D eigenvalue weighted by Gasteiger charge is -2.12. The number of hydrogen-bond donors (Lipinski definition) is 1. The third kappa shape index (κ3) is 2.25. The van der Waals surface area contributed by atoms with Gasteiger partial charge < -0.3 is 5.11 Å². The predicted molar refractivity (Wildman–Crippen MR) is 68.9 cm³/mol. The highest BCUT2D eigenvalue weighted by atomic mass is 16.3. The first-order valence-corrected chi connectivity index (χ1v) is 6.17. The van der Waals surface area contributed by atoms with E-state index in [0.717, 1.165) is 17.0 Å². The fourth-order valence-electron chi connectivity index (χ4n) is 2.23. The molecular weight excluding hydrogens is 208 g/mol. The Kier molecular flexibility index (Phi) is 2.69. The van der Waals surface area contributed by atoms with Gasteiger partial charge in [0.2, 0.25) is 0 Å². The van der Waals surface area contributed by atoms with Crippen LogP contribution in [0.1, 0.15) is 41.6 Å². The molecule has 0 saturated heterocycles. The molecule has 2 aromatic carbocycles. The van der Waals surface area contributed by atoms with Crippen molar-refractivity contribution in [2.45, 2.75) is 24.9 Å². The van der Waals surface area contributed by atoms with Gasteiger partial charge in [-0.25, -0.2) is 0 Å².